The molecule has 0 aromatic rings. The van der Waals surface area contributed by atoms with E-state index in [0.29, 0.717) is 6.42 Å². The van der Waals surface area contributed by atoms with E-state index in [1.165, 1.54) is 44.9 Å². The summed E-state index contributed by atoms with van der Waals surface area (Å²) in [6.07, 6.45) is 17.0. The Morgan fingerprint density at radius 2 is 1.74 bits per heavy atom. The van der Waals surface area contributed by atoms with E-state index in [1.54, 1.807) is 6.08 Å². The van der Waals surface area contributed by atoms with Crippen molar-refractivity contribution in [1.82, 2.24) is 5.32 Å². The van der Waals surface area contributed by atoms with E-state index >= 15 is 0 Å². The Bertz CT molecular complexity index is 387. The van der Waals surface area contributed by atoms with Crippen LogP contribution in [0.5, 0.6) is 0 Å². The number of hydrogen-bond acceptors (Lipinski definition) is 2. The van der Waals surface area contributed by atoms with Crippen molar-refractivity contribution >= 4 is 23.7 Å². The highest BCUT2D eigenvalue weighted by molar-refractivity contribution is 7.96. The molecule has 0 aliphatic heterocycles. The van der Waals surface area contributed by atoms with Crippen LogP contribution in [-0.4, -0.2) is 17.6 Å². The van der Waals surface area contributed by atoms with Crippen LogP contribution >= 0.6 is 12.6 Å². The van der Waals surface area contributed by atoms with Gasteiger partial charge in [-0.1, -0.05) is 57.9 Å². The van der Waals surface area contributed by atoms with Crippen molar-refractivity contribution in [1.29, 1.82) is 0 Å². The summed E-state index contributed by atoms with van der Waals surface area (Å²) in [5, 5.41) is 2.91. The molecule has 1 N–H and O–H groups in total. The van der Waals surface area contributed by atoms with Gasteiger partial charge in [0.1, 0.15) is 0 Å². The van der Waals surface area contributed by atoms with Crippen LogP contribution in [0.25, 0.3) is 0 Å². The van der Waals surface area contributed by atoms with Crippen LogP contribution in [0.1, 0.15) is 84.0 Å². The first-order valence-electron chi connectivity index (χ1n) is 9.27. The second-order valence-corrected chi connectivity index (χ2v) is 7.35. The highest BCUT2D eigenvalue weighted by Crippen LogP contribution is 2.43. The first-order chi connectivity index (χ1) is 11.1. The Morgan fingerprint density at radius 3 is 2.39 bits per heavy atom. The van der Waals surface area contributed by atoms with Crippen LogP contribution in [0, 0.1) is 5.41 Å². The summed E-state index contributed by atoms with van der Waals surface area (Å²) in [4.78, 5) is 23.0. The van der Waals surface area contributed by atoms with Gasteiger partial charge in [-0.2, -0.15) is 0 Å². The van der Waals surface area contributed by atoms with Gasteiger partial charge < -0.3 is 5.32 Å². The summed E-state index contributed by atoms with van der Waals surface area (Å²) >= 11 is 3.86. The number of thiol groups is 1. The Hall–Kier alpha value is -0.770. The third kappa shape index (κ3) is 9.19. The zero-order chi connectivity index (χ0) is 17.0. The Labute approximate surface area is 147 Å². The molecule has 1 rings (SSSR count). The van der Waals surface area contributed by atoms with Crippen molar-refractivity contribution in [3.63, 3.8) is 0 Å². The minimum atomic E-state index is -0.0581. The van der Waals surface area contributed by atoms with E-state index in [0.717, 1.165) is 32.2 Å². The average Bonchev–Trinajstić information content (AvgIpc) is 2.99. The van der Waals surface area contributed by atoms with Crippen molar-refractivity contribution in [2.45, 2.75) is 84.0 Å². The lowest BCUT2D eigenvalue weighted by molar-refractivity contribution is -0.116. The standard InChI is InChI=1S/C19H33NO2S/c1-2-3-4-5-6-9-16-20-17(21)10-14-19(12-7-8-13-19)15-11-18(22)23/h10,14H,2-9,11-13,15-16H2,1H3,(H,20,21)(H,22,23). The van der Waals surface area contributed by atoms with Gasteiger partial charge in [-0.15, -0.1) is 12.6 Å². The highest BCUT2D eigenvalue weighted by atomic mass is 32.1. The Kier molecular flexibility index (Phi) is 10.3. The summed E-state index contributed by atoms with van der Waals surface area (Å²) in [6.45, 7) is 2.98. The number of amides is 1. The van der Waals surface area contributed by atoms with E-state index in [2.05, 4.69) is 24.9 Å². The van der Waals surface area contributed by atoms with Crippen molar-refractivity contribution in [3.05, 3.63) is 12.2 Å². The fourth-order valence-electron chi connectivity index (χ4n) is 3.36. The number of allylic oxidation sites excluding steroid dienone is 1. The summed E-state index contributed by atoms with van der Waals surface area (Å²) in [7, 11) is 0. The molecule has 1 aliphatic carbocycles. The molecule has 132 valence electrons. The molecule has 0 aromatic carbocycles. The third-order valence-electron chi connectivity index (χ3n) is 4.85. The summed E-state index contributed by atoms with van der Waals surface area (Å²) in [6, 6.07) is 0. The number of carbonyl (C=O) groups is 2. The SMILES string of the molecule is CCCCCCCCNC(=O)C=CC1(CCC(=O)S)CCCC1. The summed E-state index contributed by atoms with van der Waals surface area (Å²) in [5.41, 5.74) is 0.0376. The monoisotopic (exact) mass is 339 g/mol. The van der Waals surface area contributed by atoms with Gasteiger partial charge in [0.05, 0.1) is 0 Å². The number of carbonyl (C=O) groups excluding carboxylic acids is 2. The molecule has 0 radical (unpaired) electrons. The fourth-order valence-corrected chi connectivity index (χ4v) is 3.48. The summed E-state index contributed by atoms with van der Waals surface area (Å²) in [5.74, 6) is 0.00188. The normalized spacial score (nSPS) is 16.8. The molecule has 23 heavy (non-hydrogen) atoms. The lowest BCUT2D eigenvalue weighted by Crippen LogP contribution is -2.23. The minimum Gasteiger partial charge on any atom is -0.353 e. The second-order valence-electron chi connectivity index (χ2n) is 6.86. The lowest BCUT2D eigenvalue weighted by Gasteiger charge is -2.24. The molecule has 1 fully saturated rings. The van der Waals surface area contributed by atoms with Gasteiger partial charge in [0, 0.05) is 13.0 Å². The maximum absolute atomic E-state index is 11.9. The molecule has 1 amide bonds. The molecular weight excluding hydrogens is 306 g/mol. The van der Waals surface area contributed by atoms with Crippen LogP contribution < -0.4 is 5.32 Å². The molecule has 1 aliphatic rings. The Balaban J connectivity index is 2.25. The Morgan fingerprint density at radius 1 is 1.09 bits per heavy atom. The molecule has 4 heteroatoms. The molecule has 1 saturated carbocycles. The van der Waals surface area contributed by atoms with Gasteiger partial charge in [0.15, 0.2) is 5.12 Å². The van der Waals surface area contributed by atoms with E-state index in [-0.39, 0.29) is 16.4 Å². The topological polar surface area (TPSA) is 46.2 Å². The number of rotatable bonds is 12. The highest BCUT2D eigenvalue weighted by Gasteiger charge is 2.31. The van der Waals surface area contributed by atoms with Gasteiger partial charge in [-0.25, -0.2) is 0 Å². The number of hydrogen-bond donors (Lipinski definition) is 2. The molecule has 3 nitrogen and oxygen atoms in total. The zero-order valence-corrected chi connectivity index (χ0v) is 15.5. The summed E-state index contributed by atoms with van der Waals surface area (Å²) < 4.78 is 0. The van der Waals surface area contributed by atoms with Gasteiger partial charge in [0.2, 0.25) is 5.91 Å². The molecular formula is C19H33NO2S. The maximum Gasteiger partial charge on any atom is 0.243 e. The van der Waals surface area contributed by atoms with Crippen molar-refractivity contribution < 1.29 is 9.59 Å². The molecule has 0 atom stereocenters. The quantitative estimate of drug-likeness (QED) is 0.304. The smallest absolute Gasteiger partial charge is 0.243 e. The van der Waals surface area contributed by atoms with Crippen LogP contribution in [0.3, 0.4) is 0 Å². The van der Waals surface area contributed by atoms with Gasteiger partial charge in [-0.3, -0.25) is 9.59 Å². The van der Waals surface area contributed by atoms with E-state index < -0.39 is 0 Å². The maximum atomic E-state index is 11.9. The predicted octanol–water partition coefficient (Wildman–Crippen LogP) is 4.82. The van der Waals surface area contributed by atoms with Gasteiger partial charge in [0.25, 0.3) is 0 Å². The minimum absolute atomic E-state index is 0.00188. The second kappa shape index (κ2) is 11.7. The van der Waals surface area contributed by atoms with Gasteiger partial charge >= 0.3 is 0 Å². The largest absolute Gasteiger partial charge is 0.353 e. The van der Waals surface area contributed by atoms with E-state index in [1.807, 2.05) is 6.08 Å². The first kappa shape index (κ1) is 20.3. The van der Waals surface area contributed by atoms with Crippen LogP contribution in [0.15, 0.2) is 12.2 Å². The van der Waals surface area contributed by atoms with Crippen LogP contribution in [-0.2, 0) is 9.59 Å². The van der Waals surface area contributed by atoms with Crippen molar-refractivity contribution in [3.8, 4) is 0 Å². The molecule has 0 heterocycles. The first-order valence-corrected chi connectivity index (χ1v) is 9.71. The zero-order valence-electron chi connectivity index (χ0n) is 14.6. The van der Waals surface area contributed by atoms with E-state index in [9.17, 15) is 9.59 Å². The van der Waals surface area contributed by atoms with Crippen LogP contribution in [0.2, 0.25) is 0 Å². The number of unbranched alkanes of at least 4 members (excludes halogenated alkanes) is 5. The predicted molar refractivity (Wildman–Crippen MR) is 99.7 cm³/mol. The van der Waals surface area contributed by atoms with E-state index in [4.69, 9.17) is 0 Å². The molecule has 0 bridgehead atoms. The lowest BCUT2D eigenvalue weighted by atomic mass is 9.81. The molecule has 0 aromatic heterocycles. The van der Waals surface area contributed by atoms with Crippen molar-refractivity contribution in [2.24, 2.45) is 5.41 Å². The van der Waals surface area contributed by atoms with Crippen LogP contribution in [0.4, 0.5) is 0 Å². The van der Waals surface area contributed by atoms with Gasteiger partial charge in [-0.05, 0) is 37.2 Å². The third-order valence-corrected chi connectivity index (χ3v) is 5.08. The average molecular weight is 340 g/mol. The fraction of sp³-hybridized carbons (Fsp3) is 0.789. The number of nitrogens with one attached hydrogen (secondary N) is 1. The molecule has 0 spiro atoms. The molecule has 0 unspecified atom stereocenters. The van der Waals surface area contributed by atoms with Crippen molar-refractivity contribution in [2.75, 3.05) is 6.54 Å². The molecule has 0 saturated heterocycles.